The molecule has 0 N–H and O–H groups in total. The Morgan fingerprint density at radius 1 is 0.636 bits per heavy atom. The van der Waals surface area contributed by atoms with Crippen LogP contribution in [0.2, 0.25) is 0 Å². The van der Waals surface area contributed by atoms with Crippen molar-refractivity contribution in [3.05, 3.63) is 59.9 Å². The first-order valence-electron chi connectivity index (χ1n) is 12.1. The summed E-state index contributed by atoms with van der Waals surface area (Å²) in [6, 6.07) is 16.0. The quantitative estimate of drug-likeness (QED) is 0.265. The number of hydrogen-bond donors (Lipinski definition) is 0. The molecule has 0 saturated heterocycles. The van der Waals surface area contributed by atoms with Crippen molar-refractivity contribution in [1.82, 2.24) is 29.7 Å². The summed E-state index contributed by atoms with van der Waals surface area (Å²) in [5.41, 5.74) is 7.11. The van der Waals surface area contributed by atoms with Crippen LogP contribution in [0.4, 0.5) is 0 Å². The van der Waals surface area contributed by atoms with Gasteiger partial charge < -0.3 is 4.42 Å². The van der Waals surface area contributed by atoms with E-state index in [1.54, 1.807) is 0 Å². The fourth-order valence-corrected chi connectivity index (χ4v) is 4.41. The lowest BCUT2D eigenvalue weighted by atomic mass is 10.1. The number of nitrogens with zero attached hydrogens (tertiary/aromatic N) is 6. The molecule has 3 heterocycles. The molecule has 0 atom stereocenters. The molecule has 3 aromatic heterocycles. The molecule has 7 nitrogen and oxygen atoms in total. The molecule has 7 heteroatoms. The SMILES string of the molecule is CCCCCc1nnn2c3ccccc3oc3ccccc3n3nnc(CCCCC)c3c12. The van der Waals surface area contributed by atoms with Crippen molar-refractivity contribution in [2.45, 2.75) is 65.2 Å². The summed E-state index contributed by atoms with van der Waals surface area (Å²) in [5.74, 6) is 0. The molecule has 0 radical (unpaired) electrons. The van der Waals surface area contributed by atoms with Gasteiger partial charge in [0.15, 0.2) is 11.2 Å². The van der Waals surface area contributed by atoms with Gasteiger partial charge in [-0.15, -0.1) is 10.2 Å². The van der Waals surface area contributed by atoms with Crippen LogP contribution >= 0.6 is 0 Å². The zero-order valence-electron chi connectivity index (χ0n) is 19.4. The van der Waals surface area contributed by atoms with Crippen molar-refractivity contribution in [3.8, 4) is 0 Å². The van der Waals surface area contributed by atoms with E-state index in [4.69, 9.17) is 4.42 Å². The molecule has 0 spiro atoms. The molecular formula is C26H30N6O. The fraction of sp³-hybridized carbons (Fsp3) is 0.385. The summed E-state index contributed by atoms with van der Waals surface area (Å²) in [7, 11) is 0. The Morgan fingerprint density at radius 2 is 1.09 bits per heavy atom. The lowest BCUT2D eigenvalue weighted by Crippen LogP contribution is -1.95. The number of para-hydroxylation sites is 4. The maximum atomic E-state index is 6.41. The number of fused-ring (bicyclic) bond motifs is 7. The summed E-state index contributed by atoms with van der Waals surface area (Å²) < 4.78 is 10.2. The first-order valence-corrected chi connectivity index (χ1v) is 12.1. The zero-order chi connectivity index (χ0) is 22.6. The van der Waals surface area contributed by atoms with Crippen LogP contribution in [0.1, 0.15) is 63.8 Å². The lowest BCUT2D eigenvalue weighted by molar-refractivity contribution is 0.657. The Morgan fingerprint density at radius 3 is 1.55 bits per heavy atom. The van der Waals surface area contributed by atoms with Crippen LogP contribution in [-0.4, -0.2) is 29.7 Å². The molecule has 0 fully saturated rings. The molecule has 33 heavy (non-hydrogen) atoms. The minimum absolute atomic E-state index is 0.738. The van der Waals surface area contributed by atoms with Crippen LogP contribution < -0.4 is 0 Å². The number of hydrogen-bond acceptors (Lipinski definition) is 5. The average Bonchev–Trinajstić information content (AvgIpc) is 3.44. The number of aryl methyl sites for hydroxylation is 2. The Balaban J connectivity index is 1.96. The van der Waals surface area contributed by atoms with E-state index in [-0.39, 0.29) is 0 Å². The van der Waals surface area contributed by atoms with Gasteiger partial charge in [0, 0.05) is 0 Å². The number of unbranched alkanes of at least 4 members (excludes halogenated alkanes) is 4. The van der Waals surface area contributed by atoms with Crippen molar-refractivity contribution < 1.29 is 4.42 Å². The van der Waals surface area contributed by atoms with Crippen LogP contribution in [-0.2, 0) is 12.8 Å². The Kier molecular flexibility index (Phi) is 6.19. The normalized spacial score (nSPS) is 11.7. The molecule has 0 aliphatic carbocycles. The van der Waals surface area contributed by atoms with Crippen molar-refractivity contribution in [3.63, 3.8) is 0 Å². The van der Waals surface area contributed by atoms with E-state index in [9.17, 15) is 0 Å². The molecule has 0 saturated carbocycles. The van der Waals surface area contributed by atoms with E-state index in [0.717, 1.165) is 96.0 Å². The third-order valence-electron chi connectivity index (χ3n) is 6.15. The topological polar surface area (TPSA) is 73.5 Å². The van der Waals surface area contributed by atoms with Crippen molar-refractivity contribution in [2.24, 2.45) is 0 Å². The highest BCUT2D eigenvalue weighted by Crippen LogP contribution is 2.26. The zero-order valence-corrected chi connectivity index (χ0v) is 19.4. The number of aromatic nitrogens is 6. The molecule has 0 aliphatic heterocycles. The van der Waals surface area contributed by atoms with Crippen molar-refractivity contribution in [1.29, 1.82) is 0 Å². The maximum absolute atomic E-state index is 6.41. The predicted molar refractivity (Wildman–Crippen MR) is 131 cm³/mol. The molecule has 170 valence electrons. The third-order valence-corrected chi connectivity index (χ3v) is 6.15. The lowest BCUT2D eigenvalue weighted by Gasteiger charge is -2.01. The van der Waals surface area contributed by atoms with Crippen LogP contribution in [0.15, 0.2) is 52.9 Å². The van der Waals surface area contributed by atoms with Crippen LogP contribution in [0, 0.1) is 0 Å². The van der Waals surface area contributed by atoms with Gasteiger partial charge in [-0.05, 0) is 49.9 Å². The monoisotopic (exact) mass is 442 g/mol. The molecule has 0 bridgehead atoms. The van der Waals surface area contributed by atoms with Gasteiger partial charge in [0.05, 0.1) is 11.4 Å². The van der Waals surface area contributed by atoms with Gasteiger partial charge in [-0.1, -0.05) is 74.2 Å². The standard InChI is InChI=1S/C26H30N6O/c1-3-5-7-13-19-25-26-20(14-8-6-4-2)28-30-32(26)22-16-10-12-18-24(22)33-23-17-11-9-15-21(23)31(25)29-27-19/h9-12,15-18H,3-8,13-14H2,1-2H3. The Labute approximate surface area is 192 Å². The summed E-state index contributed by atoms with van der Waals surface area (Å²) >= 11 is 0. The van der Waals surface area contributed by atoms with Gasteiger partial charge in [-0.2, -0.15) is 0 Å². The highest BCUT2D eigenvalue weighted by Gasteiger charge is 2.18. The molecule has 5 rings (SSSR count). The second kappa shape index (κ2) is 9.57. The second-order valence-corrected chi connectivity index (χ2v) is 8.54. The van der Waals surface area contributed by atoms with Gasteiger partial charge in [0.25, 0.3) is 0 Å². The molecular weight excluding hydrogens is 412 g/mol. The second-order valence-electron chi connectivity index (χ2n) is 8.54. The first kappa shape index (κ1) is 21.4. The molecule has 0 unspecified atom stereocenters. The van der Waals surface area contributed by atoms with Gasteiger partial charge in [0.1, 0.15) is 22.1 Å². The summed E-state index contributed by atoms with van der Waals surface area (Å²) in [4.78, 5) is 0. The summed E-state index contributed by atoms with van der Waals surface area (Å²) in [6.07, 6.45) is 8.53. The average molecular weight is 443 g/mol. The minimum Gasteiger partial charge on any atom is -0.453 e. The Hall–Kier alpha value is -3.48. The third kappa shape index (κ3) is 4.03. The number of rotatable bonds is 8. The van der Waals surface area contributed by atoms with Crippen LogP contribution in [0.25, 0.3) is 33.2 Å². The smallest absolute Gasteiger partial charge is 0.153 e. The van der Waals surface area contributed by atoms with E-state index >= 15 is 0 Å². The minimum atomic E-state index is 0.738. The van der Waals surface area contributed by atoms with Gasteiger partial charge >= 0.3 is 0 Å². The van der Waals surface area contributed by atoms with Gasteiger partial charge in [-0.25, -0.2) is 9.03 Å². The van der Waals surface area contributed by atoms with E-state index in [0.29, 0.717) is 0 Å². The largest absolute Gasteiger partial charge is 0.453 e. The first-order chi connectivity index (χ1) is 16.3. The summed E-state index contributed by atoms with van der Waals surface area (Å²) in [6.45, 7) is 4.44. The maximum Gasteiger partial charge on any atom is 0.153 e. The number of benzene rings is 2. The molecule has 0 aliphatic rings. The van der Waals surface area contributed by atoms with Gasteiger partial charge in [-0.3, -0.25) is 0 Å². The van der Waals surface area contributed by atoms with Gasteiger partial charge in [0.2, 0.25) is 0 Å². The molecule has 2 aromatic carbocycles. The fourth-order valence-electron chi connectivity index (χ4n) is 4.41. The van der Waals surface area contributed by atoms with Crippen LogP contribution in [0.5, 0.6) is 0 Å². The van der Waals surface area contributed by atoms with E-state index in [2.05, 4.69) is 34.5 Å². The van der Waals surface area contributed by atoms with Crippen LogP contribution in [0.3, 0.4) is 0 Å². The highest BCUT2D eigenvalue weighted by atomic mass is 16.3. The summed E-state index contributed by atoms with van der Waals surface area (Å²) in [5, 5.41) is 18.5. The highest BCUT2D eigenvalue weighted by molar-refractivity contribution is 5.88. The Bertz CT molecular complexity index is 1350. The van der Waals surface area contributed by atoms with E-state index in [1.165, 1.54) is 0 Å². The predicted octanol–water partition coefficient (Wildman–Crippen LogP) is 6.26. The molecule has 0 amide bonds. The van der Waals surface area contributed by atoms with Crippen molar-refractivity contribution >= 4 is 33.2 Å². The molecule has 5 aromatic rings. The van der Waals surface area contributed by atoms with E-state index < -0.39 is 0 Å². The van der Waals surface area contributed by atoms with E-state index in [1.807, 2.05) is 57.6 Å². The van der Waals surface area contributed by atoms with Crippen molar-refractivity contribution in [2.75, 3.05) is 0 Å².